The first-order valence-corrected chi connectivity index (χ1v) is 10.9. The van der Waals surface area contributed by atoms with Crippen molar-refractivity contribution < 1.29 is 22.9 Å². The fraction of sp³-hybridized carbons (Fsp3) is 0.278. The van der Waals surface area contributed by atoms with Crippen LogP contribution < -0.4 is 10.1 Å². The summed E-state index contributed by atoms with van der Waals surface area (Å²) in [6, 6.07) is 7.85. The molecule has 0 radical (unpaired) electrons. The number of carbonyl (C=O) groups excluding carboxylic acids is 1. The van der Waals surface area contributed by atoms with E-state index in [1.807, 2.05) is 0 Å². The summed E-state index contributed by atoms with van der Waals surface area (Å²) in [5.74, 6) is -0.539. The molecule has 0 unspecified atom stereocenters. The third-order valence-electron chi connectivity index (χ3n) is 3.98. The summed E-state index contributed by atoms with van der Waals surface area (Å²) in [6.45, 7) is 1.13. The van der Waals surface area contributed by atoms with Gasteiger partial charge in [-0.3, -0.25) is 14.9 Å². The van der Waals surface area contributed by atoms with Crippen LogP contribution in [0.15, 0.2) is 41.3 Å². The fourth-order valence-electron chi connectivity index (χ4n) is 2.60. The van der Waals surface area contributed by atoms with Gasteiger partial charge in [0.15, 0.2) is 4.90 Å². The van der Waals surface area contributed by atoms with Gasteiger partial charge in [-0.15, -0.1) is 0 Å². The highest BCUT2D eigenvalue weighted by atomic mass is 35.5. The molecule has 0 atom stereocenters. The lowest BCUT2D eigenvalue weighted by Gasteiger charge is -2.21. The Balaban J connectivity index is 2.36. The molecule has 30 heavy (non-hydrogen) atoms. The van der Waals surface area contributed by atoms with Gasteiger partial charge in [-0.05, 0) is 36.8 Å². The summed E-state index contributed by atoms with van der Waals surface area (Å²) in [6.07, 6.45) is 0.383. The lowest BCUT2D eigenvalue weighted by Crippen LogP contribution is -2.38. The van der Waals surface area contributed by atoms with Crippen molar-refractivity contribution in [2.24, 2.45) is 0 Å². The van der Waals surface area contributed by atoms with Gasteiger partial charge in [-0.1, -0.05) is 30.1 Å². The van der Waals surface area contributed by atoms with E-state index in [0.29, 0.717) is 11.4 Å². The molecule has 9 nitrogen and oxygen atoms in total. The second-order valence-corrected chi connectivity index (χ2v) is 8.85. The normalized spacial score (nSPS) is 11.4. The van der Waals surface area contributed by atoms with E-state index in [4.69, 9.17) is 27.9 Å². The van der Waals surface area contributed by atoms with Crippen LogP contribution in [-0.2, 0) is 14.8 Å². The van der Waals surface area contributed by atoms with Gasteiger partial charge in [-0.2, -0.15) is 4.31 Å². The number of ether oxygens (including phenoxy) is 1. The number of benzene rings is 2. The van der Waals surface area contributed by atoms with Crippen LogP contribution in [0.5, 0.6) is 5.75 Å². The van der Waals surface area contributed by atoms with Crippen LogP contribution in [-0.4, -0.2) is 43.8 Å². The molecule has 1 N–H and O–H groups in total. The molecule has 2 aromatic carbocycles. The molecule has 0 aromatic heterocycles. The summed E-state index contributed by atoms with van der Waals surface area (Å²) < 4.78 is 32.0. The monoisotopic (exact) mass is 475 g/mol. The molecule has 0 heterocycles. The van der Waals surface area contributed by atoms with Crippen molar-refractivity contribution >= 4 is 50.5 Å². The minimum atomic E-state index is -4.35. The first-order valence-electron chi connectivity index (χ1n) is 8.67. The standard InChI is InChI=1S/C18H19Cl2N3O6S/c1-3-8-22(11-18(24)21-15-9-12(19)4-6-14(15)20)30(27,28)17-7-5-13(29-2)10-16(17)23(25)26/h4-7,9-10H,3,8,11H2,1-2H3,(H,21,24). The number of carbonyl (C=O) groups is 1. The van der Waals surface area contributed by atoms with Gasteiger partial charge in [0.05, 0.1) is 35.4 Å². The van der Waals surface area contributed by atoms with Gasteiger partial charge in [0.25, 0.3) is 5.69 Å². The number of halogens is 2. The van der Waals surface area contributed by atoms with E-state index in [0.717, 1.165) is 16.4 Å². The molecule has 0 aliphatic rings. The maximum absolute atomic E-state index is 13.1. The third-order valence-corrected chi connectivity index (χ3v) is 6.43. The topological polar surface area (TPSA) is 119 Å². The highest BCUT2D eigenvalue weighted by Crippen LogP contribution is 2.31. The zero-order valence-corrected chi connectivity index (χ0v) is 18.4. The molecule has 0 saturated heterocycles. The maximum Gasteiger partial charge on any atom is 0.293 e. The highest BCUT2D eigenvalue weighted by molar-refractivity contribution is 7.89. The Hall–Kier alpha value is -2.40. The average molecular weight is 476 g/mol. The summed E-state index contributed by atoms with van der Waals surface area (Å²) in [7, 11) is -3.05. The molecule has 1 amide bonds. The summed E-state index contributed by atoms with van der Waals surface area (Å²) in [4.78, 5) is 22.5. The lowest BCUT2D eigenvalue weighted by atomic mass is 10.3. The Morgan fingerprint density at radius 2 is 1.93 bits per heavy atom. The molecule has 162 valence electrons. The number of hydrogen-bond acceptors (Lipinski definition) is 6. The van der Waals surface area contributed by atoms with Crippen molar-refractivity contribution in [2.45, 2.75) is 18.2 Å². The SMILES string of the molecule is CCCN(CC(=O)Nc1cc(Cl)ccc1Cl)S(=O)(=O)c1ccc(OC)cc1[N+](=O)[O-]. The summed E-state index contributed by atoms with van der Waals surface area (Å²) in [5.41, 5.74) is -0.424. The number of rotatable bonds is 9. The number of nitro groups is 1. The Labute approximate surface area is 183 Å². The van der Waals surface area contributed by atoms with Gasteiger partial charge in [0.1, 0.15) is 5.75 Å². The van der Waals surface area contributed by atoms with E-state index < -0.39 is 38.0 Å². The van der Waals surface area contributed by atoms with Crippen LogP contribution in [0.4, 0.5) is 11.4 Å². The van der Waals surface area contributed by atoms with Crippen LogP contribution in [0.3, 0.4) is 0 Å². The van der Waals surface area contributed by atoms with Crippen molar-refractivity contribution in [2.75, 3.05) is 25.5 Å². The van der Waals surface area contributed by atoms with Crippen molar-refractivity contribution in [1.82, 2.24) is 4.31 Å². The largest absolute Gasteiger partial charge is 0.497 e. The van der Waals surface area contributed by atoms with Crippen LogP contribution in [0, 0.1) is 10.1 Å². The van der Waals surface area contributed by atoms with Crippen molar-refractivity contribution in [1.29, 1.82) is 0 Å². The van der Waals surface area contributed by atoms with Gasteiger partial charge >= 0.3 is 0 Å². The van der Waals surface area contributed by atoms with Crippen molar-refractivity contribution in [3.63, 3.8) is 0 Å². The summed E-state index contributed by atoms with van der Waals surface area (Å²) >= 11 is 11.9. The minimum absolute atomic E-state index is 0.0256. The van der Waals surface area contributed by atoms with Gasteiger partial charge in [-0.25, -0.2) is 8.42 Å². The Kier molecular flexibility index (Phi) is 8.02. The molecule has 0 aliphatic heterocycles. The number of sulfonamides is 1. The second kappa shape index (κ2) is 10.1. The van der Waals surface area contributed by atoms with Crippen LogP contribution in [0.1, 0.15) is 13.3 Å². The van der Waals surface area contributed by atoms with E-state index in [-0.39, 0.29) is 23.0 Å². The highest BCUT2D eigenvalue weighted by Gasteiger charge is 2.33. The van der Waals surface area contributed by atoms with Crippen molar-refractivity contribution in [3.05, 3.63) is 56.6 Å². The number of anilines is 1. The predicted molar refractivity (Wildman–Crippen MR) is 114 cm³/mol. The van der Waals surface area contributed by atoms with E-state index in [1.165, 1.54) is 31.4 Å². The second-order valence-electron chi connectivity index (χ2n) is 6.10. The number of amides is 1. The van der Waals surface area contributed by atoms with Gasteiger partial charge < -0.3 is 10.1 Å². The van der Waals surface area contributed by atoms with Crippen LogP contribution in [0.25, 0.3) is 0 Å². The van der Waals surface area contributed by atoms with Crippen LogP contribution in [0.2, 0.25) is 10.0 Å². The van der Waals surface area contributed by atoms with Crippen molar-refractivity contribution in [3.8, 4) is 5.75 Å². The zero-order valence-electron chi connectivity index (χ0n) is 16.1. The molecular weight excluding hydrogens is 457 g/mol. The molecule has 0 fully saturated rings. The Morgan fingerprint density at radius 3 is 2.53 bits per heavy atom. The Bertz CT molecular complexity index is 1060. The first-order chi connectivity index (χ1) is 14.1. The molecule has 12 heteroatoms. The summed E-state index contributed by atoms with van der Waals surface area (Å²) in [5, 5.41) is 14.5. The Morgan fingerprint density at radius 1 is 1.23 bits per heavy atom. The third kappa shape index (κ3) is 5.60. The van der Waals surface area contributed by atoms with E-state index in [9.17, 15) is 23.3 Å². The average Bonchev–Trinajstić information content (AvgIpc) is 2.69. The molecular formula is C18H19Cl2N3O6S. The molecule has 2 rings (SSSR count). The maximum atomic E-state index is 13.1. The molecule has 0 bridgehead atoms. The number of nitro benzene ring substituents is 1. The zero-order chi connectivity index (χ0) is 22.5. The van der Waals surface area contributed by atoms with Crippen LogP contribution >= 0.6 is 23.2 Å². The quantitative estimate of drug-likeness (QED) is 0.433. The van der Waals surface area contributed by atoms with Gasteiger partial charge in [0, 0.05) is 11.6 Å². The number of nitrogens with zero attached hydrogens (tertiary/aromatic N) is 2. The smallest absolute Gasteiger partial charge is 0.293 e. The van der Waals surface area contributed by atoms with Gasteiger partial charge in [0.2, 0.25) is 15.9 Å². The molecule has 0 saturated carbocycles. The first kappa shape index (κ1) is 23.9. The number of methoxy groups -OCH3 is 1. The van der Waals surface area contributed by atoms with E-state index in [2.05, 4.69) is 5.32 Å². The number of hydrogen-bond donors (Lipinski definition) is 1. The predicted octanol–water partition coefficient (Wildman–Crippen LogP) is 3.95. The molecule has 2 aromatic rings. The van der Waals surface area contributed by atoms with E-state index in [1.54, 1.807) is 6.92 Å². The minimum Gasteiger partial charge on any atom is -0.497 e. The number of nitrogens with one attached hydrogen (secondary N) is 1. The molecule has 0 aliphatic carbocycles. The lowest BCUT2D eigenvalue weighted by molar-refractivity contribution is -0.387. The molecule has 0 spiro atoms. The fourth-order valence-corrected chi connectivity index (χ4v) is 4.56. The van der Waals surface area contributed by atoms with E-state index >= 15 is 0 Å².